The molecule has 1 aliphatic heterocycles. The first-order valence-electron chi connectivity index (χ1n) is 9.94. The molecular formula is C20H22N4O5S2. The molecule has 4 rings (SSSR count). The summed E-state index contributed by atoms with van der Waals surface area (Å²) in [5.41, 5.74) is 0.792. The molecular weight excluding hydrogens is 440 g/mol. The van der Waals surface area contributed by atoms with Crippen molar-refractivity contribution in [3.63, 3.8) is 0 Å². The summed E-state index contributed by atoms with van der Waals surface area (Å²) >= 11 is 1.02. The predicted octanol–water partition coefficient (Wildman–Crippen LogP) is 3.62. The number of anilines is 1. The molecule has 2 aromatic heterocycles. The van der Waals surface area contributed by atoms with Gasteiger partial charge in [-0.15, -0.1) is 21.5 Å². The second-order valence-corrected chi connectivity index (χ2v) is 9.77. The summed E-state index contributed by atoms with van der Waals surface area (Å²) in [7, 11) is -3.84. The zero-order valence-corrected chi connectivity index (χ0v) is 18.5. The van der Waals surface area contributed by atoms with Crippen LogP contribution in [0.1, 0.15) is 36.9 Å². The molecule has 31 heavy (non-hydrogen) atoms. The van der Waals surface area contributed by atoms with Gasteiger partial charge in [0.05, 0.1) is 17.9 Å². The second-order valence-electron chi connectivity index (χ2n) is 6.95. The number of benzene rings is 1. The molecule has 9 nitrogen and oxygen atoms in total. The van der Waals surface area contributed by atoms with Crippen molar-refractivity contribution in [2.24, 2.45) is 0 Å². The number of nitrogens with one attached hydrogen (secondary N) is 1. The van der Waals surface area contributed by atoms with Crippen molar-refractivity contribution in [3.8, 4) is 17.2 Å². The number of ether oxygens (including phenoxy) is 1. The van der Waals surface area contributed by atoms with Gasteiger partial charge in [0.2, 0.25) is 5.89 Å². The number of rotatable bonds is 7. The minimum absolute atomic E-state index is 0.0795. The fourth-order valence-corrected chi connectivity index (χ4v) is 5.48. The Bertz CT molecular complexity index is 1170. The Morgan fingerprint density at radius 3 is 2.77 bits per heavy atom. The van der Waals surface area contributed by atoms with E-state index in [1.807, 2.05) is 6.92 Å². The SMILES string of the molecule is CCOc1ccccc1NS(=O)(=O)c1cc(-c2nnc(C(=O)N3CCCCC3)o2)cs1. The van der Waals surface area contributed by atoms with Crippen LogP contribution in [0.3, 0.4) is 0 Å². The molecule has 3 aromatic rings. The summed E-state index contributed by atoms with van der Waals surface area (Å²) < 4.78 is 39.3. The fourth-order valence-electron chi connectivity index (χ4n) is 3.26. The first-order chi connectivity index (χ1) is 15.0. The normalized spacial score (nSPS) is 14.4. The van der Waals surface area contributed by atoms with Crippen molar-refractivity contribution in [2.75, 3.05) is 24.4 Å². The van der Waals surface area contributed by atoms with E-state index < -0.39 is 10.0 Å². The molecule has 0 saturated carbocycles. The number of carbonyl (C=O) groups excluding carboxylic acids is 1. The maximum absolute atomic E-state index is 12.8. The van der Waals surface area contributed by atoms with Crippen LogP contribution in [-0.2, 0) is 10.0 Å². The van der Waals surface area contributed by atoms with E-state index in [1.165, 1.54) is 6.07 Å². The van der Waals surface area contributed by atoms with Gasteiger partial charge in [0, 0.05) is 18.5 Å². The average molecular weight is 463 g/mol. The third-order valence-corrected chi connectivity index (χ3v) is 7.57. The van der Waals surface area contributed by atoms with Gasteiger partial charge in [-0.2, -0.15) is 0 Å². The molecule has 1 aromatic carbocycles. The Morgan fingerprint density at radius 1 is 1.23 bits per heavy atom. The lowest BCUT2D eigenvalue weighted by Crippen LogP contribution is -2.35. The van der Waals surface area contributed by atoms with Gasteiger partial charge in [0.15, 0.2) is 0 Å². The van der Waals surface area contributed by atoms with Crippen molar-refractivity contribution in [1.82, 2.24) is 15.1 Å². The Labute approximate surface area is 184 Å². The van der Waals surface area contributed by atoms with Crippen LogP contribution in [0.25, 0.3) is 11.5 Å². The number of amides is 1. The van der Waals surface area contributed by atoms with E-state index in [0.29, 0.717) is 36.7 Å². The lowest BCUT2D eigenvalue weighted by Gasteiger charge is -2.24. The number of hydrogen-bond acceptors (Lipinski definition) is 8. The zero-order valence-electron chi connectivity index (χ0n) is 16.9. The highest BCUT2D eigenvalue weighted by atomic mass is 32.2. The molecule has 1 aliphatic rings. The van der Waals surface area contributed by atoms with Crippen molar-refractivity contribution in [1.29, 1.82) is 0 Å². The van der Waals surface area contributed by atoms with E-state index in [2.05, 4.69) is 14.9 Å². The summed E-state index contributed by atoms with van der Waals surface area (Å²) in [6.45, 7) is 3.58. The minimum Gasteiger partial charge on any atom is -0.492 e. The third-order valence-electron chi connectivity index (χ3n) is 4.77. The van der Waals surface area contributed by atoms with Crippen molar-refractivity contribution in [2.45, 2.75) is 30.4 Å². The average Bonchev–Trinajstić information content (AvgIpc) is 3.45. The topological polar surface area (TPSA) is 115 Å². The highest BCUT2D eigenvalue weighted by Gasteiger charge is 2.25. The van der Waals surface area contributed by atoms with E-state index in [0.717, 1.165) is 30.6 Å². The number of piperidine rings is 1. The number of para-hydroxylation sites is 2. The van der Waals surface area contributed by atoms with E-state index in [-0.39, 0.29) is 21.9 Å². The zero-order chi connectivity index (χ0) is 21.8. The Hall–Kier alpha value is -2.92. The number of thiophene rings is 1. The first kappa shape index (κ1) is 21.3. The van der Waals surface area contributed by atoms with E-state index in [4.69, 9.17) is 9.15 Å². The number of likely N-dealkylation sites (tertiary alicyclic amines) is 1. The first-order valence-corrected chi connectivity index (χ1v) is 12.3. The Kier molecular flexibility index (Phi) is 6.23. The van der Waals surface area contributed by atoms with Crippen LogP contribution in [-0.4, -0.2) is 49.1 Å². The number of aromatic nitrogens is 2. The molecule has 1 saturated heterocycles. The highest BCUT2D eigenvalue weighted by molar-refractivity contribution is 7.94. The fraction of sp³-hybridized carbons (Fsp3) is 0.350. The Balaban J connectivity index is 1.52. The van der Waals surface area contributed by atoms with Gasteiger partial charge in [0.25, 0.3) is 10.0 Å². The summed E-state index contributed by atoms with van der Waals surface area (Å²) in [5, 5.41) is 9.38. The van der Waals surface area contributed by atoms with Crippen LogP contribution >= 0.6 is 11.3 Å². The van der Waals surface area contributed by atoms with Gasteiger partial charge in [-0.05, 0) is 44.4 Å². The molecule has 0 unspecified atom stereocenters. The maximum Gasteiger partial charge on any atom is 0.311 e. The van der Waals surface area contributed by atoms with Crippen molar-refractivity contribution >= 4 is 33.0 Å². The van der Waals surface area contributed by atoms with Crippen LogP contribution in [0, 0.1) is 0 Å². The van der Waals surface area contributed by atoms with E-state index >= 15 is 0 Å². The maximum atomic E-state index is 12.8. The molecule has 0 radical (unpaired) electrons. The number of sulfonamides is 1. The monoisotopic (exact) mass is 462 g/mol. The lowest BCUT2D eigenvalue weighted by molar-refractivity contribution is 0.0684. The van der Waals surface area contributed by atoms with Crippen molar-refractivity contribution in [3.05, 3.63) is 41.6 Å². The molecule has 0 aliphatic carbocycles. The van der Waals surface area contributed by atoms with Crippen LogP contribution in [0.15, 0.2) is 44.3 Å². The van der Waals surface area contributed by atoms with Gasteiger partial charge in [-0.1, -0.05) is 12.1 Å². The van der Waals surface area contributed by atoms with Crippen LogP contribution in [0.5, 0.6) is 5.75 Å². The third kappa shape index (κ3) is 4.72. The largest absolute Gasteiger partial charge is 0.492 e. The molecule has 11 heteroatoms. The molecule has 0 atom stereocenters. The van der Waals surface area contributed by atoms with Gasteiger partial charge in [-0.3, -0.25) is 9.52 Å². The standard InChI is InChI=1S/C20H22N4O5S2/c1-2-28-16-9-5-4-8-15(16)23-31(26,27)17-12-14(13-30-17)18-21-22-19(29-18)20(25)24-10-6-3-7-11-24/h4-5,8-9,12-13,23H,2-3,6-7,10-11H2,1H3. The molecule has 1 fully saturated rings. The molecule has 0 bridgehead atoms. The van der Waals surface area contributed by atoms with Crippen LogP contribution in [0.4, 0.5) is 5.69 Å². The smallest absolute Gasteiger partial charge is 0.311 e. The molecule has 164 valence electrons. The molecule has 1 N–H and O–H groups in total. The van der Waals surface area contributed by atoms with Crippen molar-refractivity contribution < 1.29 is 22.4 Å². The summed E-state index contributed by atoms with van der Waals surface area (Å²) in [4.78, 5) is 14.2. The number of nitrogens with zero attached hydrogens (tertiary/aromatic N) is 3. The molecule has 1 amide bonds. The lowest BCUT2D eigenvalue weighted by atomic mass is 10.1. The summed E-state index contributed by atoms with van der Waals surface area (Å²) in [5.74, 6) is 0.169. The quantitative estimate of drug-likeness (QED) is 0.570. The van der Waals surface area contributed by atoms with Gasteiger partial charge in [-0.25, -0.2) is 8.42 Å². The Morgan fingerprint density at radius 2 is 2.00 bits per heavy atom. The highest BCUT2D eigenvalue weighted by Crippen LogP contribution is 2.31. The van der Waals surface area contributed by atoms with E-state index in [1.54, 1.807) is 34.5 Å². The number of hydrogen-bond donors (Lipinski definition) is 1. The van der Waals surface area contributed by atoms with Gasteiger partial charge in [0.1, 0.15) is 9.96 Å². The second kappa shape index (κ2) is 9.06. The van der Waals surface area contributed by atoms with Gasteiger partial charge >= 0.3 is 11.8 Å². The summed E-state index contributed by atoms with van der Waals surface area (Å²) in [6, 6.07) is 8.26. The predicted molar refractivity (Wildman–Crippen MR) is 116 cm³/mol. The molecule has 0 spiro atoms. The summed E-state index contributed by atoms with van der Waals surface area (Å²) in [6.07, 6.45) is 3.02. The number of carbonyl (C=O) groups is 1. The van der Waals surface area contributed by atoms with Gasteiger partial charge < -0.3 is 14.1 Å². The van der Waals surface area contributed by atoms with Crippen LogP contribution < -0.4 is 9.46 Å². The van der Waals surface area contributed by atoms with Crippen LogP contribution in [0.2, 0.25) is 0 Å². The molecule has 3 heterocycles. The van der Waals surface area contributed by atoms with E-state index in [9.17, 15) is 13.2 Å². The minimum atomic E-state index is -3.84.